The molecule has 0 saturated heterocycles. The molecule has 1 aromatic rings. The number of carbonyl (C=O) groups is 1. The van der Waals surface area contributed by atoms with E-state index < -0.39 is 11.8 Å². The number of halogens is 2. The minimum Gasteiger partial charge on any atom is -0.465 e. The quantitative estimate of drug-likeness (QED) is 0.773. The smallest absolute Gasteiger partial charge is 0.340 e. The number of rotatable bonds is 2. The van der Waals surface area contributed by atoms with Gasteiger partial charge in [-0.25, -0.2) is 9.18 Å². The summed E-state index contributed by atoms with van der Waals surface area (Å²) in [6.07, 6.45) is 0. The van der Waals surface area contributed by atoms with Crippen LogP contribution in [0.25, 0.3) is 0 Å². The van der Waals surface area contributed by atoms with Crippen LogP contribution in [0.5, 0.6) is 0 Å². The maximum absolute atomic E-state index is 13.3. The van der Waals surface area contributed by atoms with Gasteiger partial charge >= 0.3 is 5.97 Å². The van der Waals surface area contributed by atoms with Crippen LogP contribution in [0.15, 0.2) is 12.1 Å². The number of anilines is 1. The molecule has 0 saturated carbocycles. The lowest BCUT2D eigenvalue weighted by atomic mass is 10.2. The summed E-state index contributed by atoms with van der Waals surface area (Å²) in [7, 11) is 2.83. The third-order valence-corrected chi connectivity index (χ3v) is 2.00. The van der Waals surface area contributed by atoms with Crippen LogP contribution < -0.4 is 5.32 Å². The van der Waals surface area contributed by atoms with Crippen LogP contribution in [0.2, 0.25) is 5.02 Å². The van der Waals surface area contributed by atoms with Crippen molar-refractivity contribution in [3.05, 3.63) is 28.5 Å². The predicted molar refractivity (Wildman–Crippen MR) is 52.3 cm³/mol. The van der Waals surface area contributed by atoms with E-state index in [0.29, 0.717) is 5.69 Å². The monoisotopic (exact) mass is 217 g/mol. The average Bonchev–Trinajstić information content (AvgIpc) is 2.20. The van der Waals surface area contributed by atoms with Crippen molar-refractivity contribution in [3.63, 3.8) is 0 Å². The van der Waals surface area contributed by atoms with Crippen molar-refractivity contribution in [1.82, 2.24) is 0 Å². The van der Waals surface area contributed by atoms with Gasteiger partial charge in [0, 0.05) is 12.7 Å². The molecule has 0 aliphatic rings. The van der Waals surface area contributed by atoms with Gasteiger partial charge in [0.1, 0.15) is 0 Å². The first-order valence-electron chi connectivity index (χ1n) is 3.85. The van der Waals surface area contributed by atoms with E-state index >= 15 is 0 Å². The van der Waals surface area contributed by atoms with Gasteiger partial charge < -0.3 is 10.1 Å². The van der Waals surface area contributed by atoms with E-state index in [-0.39, 0.29) is 10.6 Å². The Balaban J connectivity index is 3.27. The number of nitrogens with one attached hydrogen (secondary N) is 1. The van der Waals surface area contributed by atoms with Crippen LogP contribution in [0.3, 0.4) is 0 Å². The largest absolute Gasteiger partial charge is 0.465 e. The maximum atomic E-state index is 13.3. The van der Waals surface area contributed by atoms with Gasteiger partial charge in [-0.3, -0.25) is 0 Å². The van der Waals surface area contributed by atoms with Crippen molar-refractivity contribution >= 4 is 23.3 Å². The van der Waals surface area contributed by atoms with Gasteiger partial charge in [-0.2, -0.15) is 0 Å². The van der Waals surface area contributed by atoms with E-state index in [2.05, 4.69) is 10.1 Å². The van der Waals surface area contributed by atoms with Crippen molar-refractivity contribution in [2.75, 3.05) is 19.5 Å². The van der Waals surface area contributed by atoms with E-state index in [1.54, 1.807) is 7.05 Å². The van der Waals surface area contributed by atoms with Crippen LogP contribution in [0.1, 0.15) is 10.4 Å². The lowest BCUT2D eigenvalue weighted by Crippen LogP contribution is -2.06. The molecular weight excluding hydrogens is 209 g/mol. The molecule has 0 atom stereocenters. The fourth-order valence-electron chi connectivity index (χ4n) is 0.992. The van der Waals surface area contributed by atoms with Gasteiger partial charge in [0.05, 0.1) is 17.7 Å². The highest BCUT2D eigenvalue weighted by Crippen LogP contribution is 2.24. The average molecular weight is 218 g/mol. The Morgan fingerprint density at radius 3 is 2.71 bits per heavy atom. The Morgan fingerprint density at radius 2 is 2.21 bits per heavy atom. The first kappa shape index (κ1) is 10.8. The first-order valence-corrected chi connectivity index (χ1v) is 4.23. The molecule has 0 unspecified atom stereocenters. The second kappa shape index (κ2) is 4.28. The molecule has 0 amide bonds. The number of carbonyl (C=O) groups excluding carboxylic acids is 1. The highest BCUT2D eigenvalue weighted by Gasteiger charge is 2.16. The van der Waals surface area contributed by atoms with Crippen LogP contribution in [-0.4, -0.2) is 20.1 Å². The van der Waals surface area contributed by atoms with Gasteiger partial charge in [0.2, 0.25) is 0 Å². The third kappa shape index (κ3) is 1.96. The summed E-state index contributed by atoms with van der Waals surface area (Å²) in [5, 5.41) is 2.64. The molecule has 0 heterocycles. The fourth-order valence-corrected chi connectivity index (χ4v) is 1.21. The summed E-state index contributed by atoms with van der Waals surface area (Å²) in [6.45, 7) is 0. The molecule has 1 rings (SSSR count). The van der Waals surface area contributed by atoms with Gasteiger partial charge in [0.15, 0.2) is 5.82 Å². The molecule has 1 aromatic carbocycles. The minimum absolute atomic E-state index is 0.114. The molecule has 76 valence electrons. The van der Waals surface area contributed by atoms with Crippen molar-refractivity contribution in [2.45, 2.75) is 0 Å². The standard InChI is InChI=1S/C9H9ClFNO2/c1-12-5-3-6(9(13)14-2)8(11)7(10)4-5/h3-4,12H,1-2H3. The number of methoxy groups -OCH3 is 1. The molecular formula is C9H9ClFNO2. The molecule has 5 heteroatoms. The molecule has 14 heavy (non-hydrogen) atoms. The number of esters is 1. The van der Waals surface area contributed by atoms with Crippen molar-refractivity contribution in [2.24, 2.45) is 0 Å². The van der Waals surface area contributed by atoms with Gasteiger partial charge in [-0.05, 0) is 12.1 Å². The topological polar surface area (TPSA) is 38.3 Å². The lowest BCUT2D eigenvalue weighted by molar-refractivity contribution is 0.0595. The molecule has 0 spiro atoms. The molecule has 0 radical (unpaired) electrons. The SMILES string of the molecule is CNc1cc(Cl)c(F)c(C(=O)OC)c1. The number of hydrogen-bond acceptors (Lipinski definition) is 3. The number of hydrogen-bond donors (Lipinski definition) is 1. The highest BCUT2D eigenvalue weighted by molar-refractivity contribution is 6.31. The van der Waals surface area contributed by atoms with Crippen LogP contribution in [-0.2, 0) is 4.74 Å². The fraction of sp³-hybridized carbons (Fsp3) is 0.222. The van der Waals surface area contributed by atoms with Crippen molar-refractivity contribution in [1.29, 1.82) is 0 Å². The van der Waals surface area contributed by atoms with Crippen LogP contribution in [0, 0.1) is 5.82 Å². The summed E-state index contributed by atoms with van der Waals surface area (Å²) >= 11 is 5.58. The van der Waals surface area contributed by atoms with E-state index in [1.165, 1.54) is 19.2 Å². The Bertz CT molecular complexity index is 368. The van der Waals surface area contributed by atoms with Gasteiger partial charge in [-0.15, -0.1) is 0 Å². The second-order valence-electron chi connectivity index (χ2n) is 2.56. The van der Waals surface area contributed by atoms with Gasteiger partial charge in [-0.1, -0.05) is 11.6 Å². The Labute approximate surface area is 85.8 Å². The van der Waals surface area contributed by atoms with Crippen LogP contribution in [0.4, 0.5) is 10.1 Å². The molecule has 0 aliphatic heterocycles. The summed E-state index contributed by atoms with van der Waals surface area (Å²) in [5.41, 5.74) is 0.376. The molecule has 0 fully saturated rings. The number of ether oxygens (including phenoxy) is 1. The lowest BCUT2D eigenvalue weighted by Gasteiger charge is -2.06. The Morgan fingerprint density at radius 1 is 1.57 bits per heavy atom. The highest BCUT2D eigenvalue weighted by atomic mass is 35.5. The molecule has 0 bridgehead atoms. The Kier molecular flexibility index (Phi) is 3.30. The summed E-state index contributed by atoms with van der Waals surface area (Å²) in [4.78, 5) is 11.1. The number of benzene rings is 1. The van der Waals surface area contributed by atoms with Crippen LogP contribution >= 0.6 is 11.6 Å². The van der Waals surface area contributed by atoms with E-state index in [0.717, 1.165) is 0 Å². The third-order valence-electron chi connectivity index (χ3n) is 1.72. The predicted octanol–water partition coefficient (Wildman–Crippen LogP) is 2.31. The first-order chi connectivity index (χ1) is 6.60. The zero-order valence-electron chi connectivity index (χ0n) is 7.73. The normalized spacial score (nSPS) is 9.71. The summed E-state index contributed by atoms with van der Waals surface area (Å²) in [6, 6.07) is 2.73. The van der Waals surface area contributed by atoms with Crippen molar-refractivity contribution in [3.8, 4) is 0 Å². The zero-order chi connectivity index (χ0) is 10.7. The molecule has 0 aromatic heterocycles. The Hall–Kier alpha value is -1.29. The minimum atomic E-state index is -0.766. The van der Waals surface area contributed by atoms with Gasteiger partial charge in [0.25, 0.3) is 0 Å². The van der Waals surface area contributed by atoms with Crippen molar-refractivity contribution < 1.29 is 13.9 Å². The van der Waals surface area contributed by atoms with E-state index in [1.807, 2.05) is 0 Å². The second-order valence-corrected chi connectivity index (χ2v) is 2.97. The summed E-state index contributed by atoms with van der Waals surface area (Å²) < 4.78 is 17.7. The van der Waals surface area contributed by atoms with E-state index in [9.17, 15) is 9.18 Å². The molecule has 1 N–H and O–H groups in total. The van der Waals surface area contributed by atoms with E-state index in [4.69, 9.17) is 11.6 Å². The maximum Gasteiger partial charge on any atom is 0.340 e. The zero-order valence-corrected chi connectivity index (χ0v) is 8.48. The summed E-state index contributed by atoms with van der Waals surface area (Å²) in [5.74, 6) is -1.51. The molecule has 3 nitrogen and oxygen atoms in total. The molecule has 0 aliphatic carbocycles.